The molecule has 0 fully saturated rings. The molecule has 2 rings (SSSR count). The third kappa shape index (κ3) is 2.74. The van der Waals surface area contributed by atoms with Crippen LogP contribution in [0.2, 0.25) is 5.02 Å². The van der Waals surface area contributed by atoms with Crippen molar-refractivity contribution in [3.8, 4) is 0 Å². The highest BCUT2D eigenvalue weighted by atomic mass is 35.5. The lowest BCUT2D eigenvalue weighted by atomic mass is 10.1. The molecule has 0 amide bonds. The van der Waals surface area contributed by atoms with Gasteiger partial charge in [-0.25, -0.2) is 0 Å². The van der Waals surface area contributed by atoms with E-state index in [0.29, 0.717) is 17.2 Å². The van der Waals surface area contributed by atoms with Gasteiger partial charge in [-0.1, -0.05) is 23.7 Å². The Balaban J connectivity index is 2.19. The molecule has 1 aromatic rings. The van der Waals surface area contributed by atoms with E-state index in [0.717, 1.165) is 31.5 Å². The zero-order valence-electron chi connectivity index (χ0n) is 10.4. The summed E-state index contributed by atoms with van der Waals surface area (Å²) in [4.78, 5) is 13.3. The zero-order chi connectivity index (χ0) is 13.0. The van der Waals surface area contributed by atoms with Crippen molar-refractivity contribution in [3.05, 3.63) is 40.4 Å². The van der Waals surface area contributed by atoms with Crippen LogP contribution < -0.4 is 4.90 Å². The summed E-state index contributed by atoms with van der Waals surface area (Å²) in [5.74, 6) is 0. The Hall–Kier alpha value is -1.32. The number of ether oxygens (including phenoxy) is 1. The second-order valence-corrected chi connectivity index (χ2v) is 4.69. The van der Waals surface area contributed by atoms with Crippen molar-refractivity contribution < 1.29 is 9.53 Å². The maximum Gasteiger partial charge on any atom is 0.153 e. The Morgan fingerprint density at radius 3 is 2.94 bits per heavy atom. The fourth-order valence-corrected chi connectivity index (χ4v) is 2.38. The molecule has 0 aromatic heterocycles. The summed E-state index contributed by atoms with van der Waals surface area (Å²) in [6.07, 6.45) is 3.94. The Morgan fingerprint density at radius 1 is 1.50 bits per heavy atom. The van der Waals surface area contributed by atoms with Crippen molar-refractivity contribution in [3.63, 3.8) is 0 Å². The van der Waals surface area contributed by atoms with Gasteiger partial charge in [0.25, 0.3) is 0 Å². The Kier molecular flexibility index (Phi) is 4.39. The van der Waals surface area contributed by atoms with E-state index in [2.05, 4.69) is 11.0 Å². The standard InChI is InChI=1S/C14H16ClNO2/c1-18-10-11-5-7-16(8-6-11)14-4-2-3-13(15)12(14)9-17/h2-5,9H,6-8,10H2,1H3. The molecular weight excluding hydrogens is 250 g/mol. The molecule has 4 heteroatoms. The molecule has 0 aliphatic carbocycles. The van der Waals surface area contributed by atoms with E-state index < -0.39 is 0 Å². The lowest BCUT2D eigenvalue weighted by molar-refractivity contribution is 0.112. The molecule has 18 heavy (non-hydrogen) atoms. The van der Waals surface area contributed by atoms with Crippen molar-refractivity contribution >= 4 is 23.6 Å². The maximum absolute atomic E-state index is 11.1. The minimum absolute atomic E-state index is 0.508. The van der Waals surface area contributed by atoms with Crippen LogP contribution in [-0.2, 0) is 4.74 Å². The van der Waals surface area contributed by atoms with Gasteiger partial charge in [0, 0.05) is 25.9 Å². The van der Waals surface area contributed by atoms with E-state index >= 15 is 0 Å². The van der Waals surface area contributed by atoms with Crippen LogP contribution in [0.4, 0.5) is 5.69 Å². The average Bonchev–Trinajstić information content (AvgIpc) is 2.40. The maximum atomic E-state index is 11.1. The smallest absolute Gasteiger partial charge is 0.153 e. The highest BCUT2D eigenvalue weighted by Crippen LogP contribution is 2.27. The summed E-state index contributed by atoms with van der Waals surface area (Å²) in [5.41, 5.74) is 2.79. The van der Waals surface area contributed by atoms with Crippen molar-refractivity contribution in [1.29, 1.82) is 0 Å². The first-order valence-electron chi connectivity index (χ1n) is 5.91. The number of carbonyl (C=O) groups excluding carboxylic acids is 1. The van der Waals surface area contributed by atoms with E-state index in [1.54, 1.807) is 13.2 Å². The second kappa shape index (κ2) is 6.03. The molecule has 96 valence electrons. The summed E-state index contributed by atoms with van der Waals surface area (Å²) in [5, 5.41) is 0.508. The first-order valence-corrected chi connectivity index (χ1v) is 6.29. The highest BCUT2D eigenvalue weighted by molar-refractivity contribution is 6.33. The first kappa shape index (κ1) is 13.1. The van der Waals surface area contributed by atoms with Crippen molar-refractivity contribution in [2.75, 3.05) is 31.7 Å². The van der Waals surface area contributed by atoms with Gasteiger partial charge in [-0.05, 0) is 24.1 Å². The molecule has 1 heterocycles. The molecule has 0 saturated carbocycles. The van der Waals surface area contributed by atoms with Crippen LogP contribution in [0.1, 0.15) is 16.8 Å². The van der Waals surface area contributed by atoms with Gasteiger partial charge in [-0.15, -0.1) is 0 Å². The van der Waals surface area contributed by atoms with Crippen molar-refractivity contribution in [2.24, 2.45) is 0 Å². The number of nitrogens with zero attached hydrogens (tertiary/aromatic N) is 1. The number of halogens is 1. The van der Waals surface area contributed by atoms with E-state index in [9.17, 15) is 4.79 Å². The van der Waals surface area contributed by atoms with Crippen LogP contribution in [-0.4, -0.2) is 33.1 Å². The van der Waals surface area contributed by atoms with Gasteiger partial charge in [0.15, 0.2) is 6.29 Å². The summed E-state index contributed by atoms with van der Waals surface area (Å²) in [6.45, 7) is 2.36. The molecule has 0 spiro atoms. The van der Waals surface area contributed by atoms with Gasteiger partial charge < -0.3 is 9.64 Å². The zero-order valence-corrected chi connectivity index (χ0v) is 11.1. The monoisotopic (exact) mass is 265 g/mol. The minimum atomic E-state index is 0.508. The van der Waals surface area contributed by atoms with E-state index in [1.165, 1.54) is 5.57 Å². The molecule has 0 bridgehead atoms. The molecule has 0 N–H and O–H groups in total. The van der Waals surface area contributed by atoms with Gasteiger partial charge in [0.05, 0.1) is 17.2 Å². The molecular formula is C14H16ClNO2. The average molecular weight is 266 g/mol. The summed E-state index contributed by atoms with van der Waals surface area (Å²) in [7, 11) is 1.70. The van der Waals surface area contributed by atoms with Crippen LogP contribution in [0.25, 0.3) is 0 Å². The molecule has 3 nitrogen and oxygen atoms in total. The lowest BCUT2D eigenvalue weighted by Gasteiger charge is -2.29. The van der Waals surface area contributed by atoms with Crippen LogP contribution in [0.15, 0.2) is 29.8 Å². The second-order valence-electron chi connectivity index (χ2n) is 4.28. The number of carbonyl (C=O) groups is 1. The van der Waals surface area contributed by atoms with Crippen LogP contribution in [0.3, 0.4) is 0 Å². The third-order valence-electron chi connectivity index (χ3n) is 3.12. The molecule has 0 saturated heterocycles. The predicted octanol–water partition coefficient (Wildman–Crippen LogP) is 2.94. The van der Waals surface area contributed by atoms with Crippen molar-refractivity contribution in [2.45, 2.75) is 6.42 Å². The van der Waals surface area contributed by atoms with E-state index in [-0.39, 0.29) is 0 Å². The minimum Gasteiger partial charge on any atom is -0.380 e. The van der Waals surface area contributed by atoms with Gasteiger partial charge in [0.1, 0.15) is 0 Å². The van der Waals surface area contributed by atoms with Crippen LogP contribution in [0.5, 0.6) is 0 Å². The van der Waals surface area contributed by atoms with Crippen molar-refractivity contribution in [1.82, 2.24) is 0 Å². The number of hydrogen-bond acceptors (Lipinski definition) is 3. The largest absolute Gasteiger partial charge is 0.380 e. The quantitative estimate of drug-likeness (QED) is 0.619. The number of anilines is 1. The lowest BCUT2D eigenvalue weighted by Crippen LogP contribution is -2.30. The van der Waals surface area contributed by atoms with Gasteiger partial charge in [0.2, 0.25) is 0 Å². The highest BCUT2D eigenvalue weighted by Gasteiger charge is 2.16. The third-order valence-corrected chi connectivity index (χ3v) is 3.45. The van der Waals surface area contributed by atoms with E-state index in [1.807, 2.05) is 12.1 Å². The number of aldehydes is 1. The molecule has 1 aliphatic rings. The summed E-state index contributed by atoms with van der Waals surface area (Å²) in [6, 6.07) is 5.55. The molecule has 0 unspecified atom stereocenters. The SMILES string of the molecule is COCC1=CCN(c2cccc(Cl)c2C=O)CC1. The van der Waals surface area contributed by atoms with E-state index in [4.69, 9.17) is 16.3 Å². The number of hydrogen-bond donors (Lipinski definition) is 0. The summed E-state index contributed by atoms with van der Waals surface area (Å²) < 4.78 is 5.12. The van der Waals surface area contributed by atoms with Gasteiger partial charge in [-0.3, -0.25) is 4.79 Å². The number of benzene rings is 1. The molecule has 0 atom stereocenters. The number of methoxy groups -OCH3 is 1. The topological polar surface area (TPSA) is 29.5 Å². The van der Waals surface area contributed by atoms with Crippen LogP contribution >= 0.6 is 11.6 Å². The van der Waals surface area contributed by atoms with Gasteiger partial charge in [-0.2, -0.15) is 0 Å². The Morgan fingerprint density at radius 2 is 2.33 bits per heavy atom. The molecule has 0 radical (unpaired) electrons. The Labute approximate surface area is 112 Å². The first-order chi connectivity index (χ1) is 8.76. The molecule has 1 aliphatic heterocycles. The summed E-state index contributed by atoms with van der Waals surface area (Å²) >= 11 is 6.03. The van der Waals surface area contributed by atoms with Crippen LogP contribution in [0, 0.1) is 0 Å². The van der Waals surface area contributed by atoms with Gasteiger partial charge >= 0.3 is 0 Å². The Bertz CT molecular complexity index is 471. The fraction of sp³-hybridized carbons (Fsp3) is 0.357. The fourth-order valence-electron chi connectivity index (χ4n) is 2.16. The predicted molar refractivity (Wildman–Crippen MR) is 73.6 cm³/mol. The normalized spacial score (nSPS) is 15.4. The molecule has 1 aromatic carbocycles. The number of rotatable bonds is 4.